The second-order valence-corrected chi connectivity index (χ2v) is 3.45. The zero-order valence-corrected chi connectivity index (χ0v) is 8.32. The van der Waals surface area contributed by atoms with Gasteiger partial charge in [0, 0.05) is 5.56 Å². The number of nitrogen functional groups attached to an aromatic ring is 1. The first-order chi connectivity index (χ1) is 5.52. The van der Waals surface area contributed by atoms with Gasteiger partial charge in [-0.05, 0) is 5.92 Å². The lowest BCUT2D eigenvalue weighted by Crippen LogP contribution is -2.01. The third kappa shape index (κ3) is 1.79. The van der Waals surface area contributed by atoms with Crippen molar-refractivity contribution in [1.82, 2.24) is 9.97 Å². The highest BCUT2D eigenvalue weighted by atomic mass is 35.5. The highest BCUT2D eigenvalue weighted by Gasteiger charge is 2.13. The predicted molar refractivity (Wildman–Crippen MR) is 50.6 cm³/mol. The molecule has 1 rings (SSSR count). The fourth-order valence-electron chi connectivity index (χ4n) is 0.908. The van der Waals surface area contributed by atoms with Crippen LogP contribution in [-0.4, -0.2) is 9.97 Å². The Morgan fingerprint density at radius 1 is 1.17 bits per heavy atom. The number of aromatic nitrogens is 2. The van der Waals surface area contributed by atoms with Crippen LogP contribution in [0.3, 0.4) is 0 Å². The molecule has 12 heavy (non-hydrogen) atoms. The summed E-state index contributed by atoms with van der Waals surface area (Å²) in [5.74, 6) is 0.306. The Morgan fingerprint density at radius 3 is 1.92 bits per heavy atom. The smallest absolute Gasteiger partial charge is 0.222 e. The molecule has 0 unspecified atom stereocenters. The van der Waals surface area contributed by atoms with E-state index >= 15 is 0 Å². The lowest BCUT2D eigenvalue weighted by molar-refractivity contribution is 0.848. The zero-order valence-electron chi connectivity index (χ0n) is 6.81. The fraction of sp³-hybridized carbons (Fsp3) is 0.429. The lowest BCUT2D eigenvalue weighted by atomic mass is 10.1. The van der Waals surface area contributed by atoms with Crippen LogP contribution < -0.4 is 5.73 Å². The molecule has 0 radical (unpaired) electrons. The number of nitrogens with zero attached hydrogens (tertiary/aromatic N) is 2. The Bertz CT molecular complexity index is 276. The molecule has 0 aliphatic rings. The maximum atomic E-state index is 5.81. The van der Waals surface area contributed by atoms with Gasteiger partial charge in [0.2, 0.25) is 5.95 Å². The standard InChI is InChI=1S/C7H9Cl2N3/c1-3(2)4-5(8)11-7(10)12-6(4)9/h3H,1-2H3,(H2,10,11,12). The zero-order chi connectivity index (χ0) is 9.30. The number of rotatable bonds is 1. The quantitative estimate of drug-likeness (QED) is 0.718. The van der Waals surface area contributed by atoms with Crippen molar-refractivity contribution < 1.29 is 0 Å². The number of hydrogen-bond acceptors (Lipinski definition) is 3. The van der Waals surface area contributed by atoms with E-state index < -0.39 is 0 Å². The van der Waals surface area contributed by atoms with E-state index in [1.165, 1.54) is 0 Å². The van der Waals surface area contributed by atoms with E-state index in [1.54, 1.807) is 0 Å². The van der Waals surface area contributed by atoms with Crippen LogP contribution in [0.15, 0.2) is 0 Å². The molecule has 0 amide bonds. The van der Waals surface area contributed by atoms with Crippen molar-refractivity contribution in [2.75, 3.05) is 5.73 Å². The summed E-state index contributed by atoms with van der Waals surface area (Å²) in [5.41, 5.74) is 6.08. The highest BCUT2D eigenvalue weighted by Crippen LogP contribution is 2.28. The molecule has 1 aromatic rings. The van der Waals surface area contributed by atoms with Crippen molar-refractivity contribution in [3.8, 4) is 0 Å². The van der Waals surface area contributed by atoms with Crippen LogP contribution in [0.25, 0.3) is 0 Å². The van der Waals surface area contributed by atoms with E-state index in [9.17, 15) is 0 Å². The van der Waals surface area contributed by atoms with Gasteiger partial charge in [-0.1, -0.05) is 37.0 Å². The van der Waals surface area contributed by atoms with Crippen LogP contribution in [0.5, 0.6) is 0 Å². The summed E-state index contributed by atoms with van der Waals surface area (Å²) in [5, 5.41) is 0.671. The van der Waals surface area contributed by atoms with Gasteiger partial charge in [-0.25, -0.2) is 9.97 Å². The molecule has 66 valence electrons. The summed E-state index contributed by atoms with van der Waals surface area (Å²) < 4.78 is 0. The largest absolute Gasteiger partial charge is 0.368 e. The van der Waals surface area contributed by atoms with Gasteiger partial charge in [-0.3, -0.25) is 0 Å². The second-order valence-electron chi connectivity index (χ2n) is 2.73. The van der Waals surface area contributed by atoms with Crippen LogP contribution in [0.2, 0.25) is 10.3 Å². The summed E-state index contributed by atoms with van der Waals surface area (Å²) in [6.07, 6.45) is 0. The summed E-state index contributed by atoms with van der Waals surface area (Å²) in [6.45, 7) is 3.93. The average Bonchev–Trinajstić information content (AvgIpc) is 1.82. The van der Waals surface area contributed by atoms with Crippen molar-refractivity contribution >= 4 is 29.2 Å². The second kappa shape index (κ2) is 3.46. The third-order valence-electron chi connectivity index (χ3n) is 1.45. The fourth-order valence-corrected chi connectivity index (χ4v) is 1.75. The normalized spacial score (nSPS) is 10.8. The monoisotopic (exact) mass is 205 g/mol. The number of halogens is 2. The maximum Gasteiger partial charge on any atom is 0.222 e. The van der Waals surface area contributed by atoms with Gasteiger partial charge in [-0.2, -0.15) is 0 Å². The minimum atomic E-state index is 0.106. The molecular formula is C7H9Cl2N3. The Hall–Kier alpha value is -0.540. The molecule has 0 bridgehead atoms. The van der Waals surface area contributed by atoms with Crippen molar-refractivity contribution in [3.63, 3.8) is 0 Å². The van der Waals surface area contributed by atoms with Gasteiger partial charge in [-0.15, -0.1) is 0 Å². The van der Waals surface area contributed by atoms with Crippen molar-refractivity contribution in [1.29, 1.82) is 0 Å². The van der Waals surface area contributed by atoms with E-state index in [4.69, 9.17) is 28.9 Å². The molecule has 0 aliphatic carbocycles. The van der Waals surface area contributed by atoms with Crippen molar-refractivity contribution in [2.24, 2.45) is 0 Å². The average molecular weight is 206 g/mol. The van der Waals surface area contributed by atoms with Crippen LogP contribution in [-0.2, 0) is 0 Å². The van der Waals surface area contributed by atoms with E-state index in [1.807, 2.05) is 13.8 Å². The van der Waals surface area contributed by atoms with E-state index in [0.29, 0.717) is 10.3 Å². The summed E-state index contributed by atoms with van der Waals surface area (Å²) in [7, 11) is 0. The molecule has 1 heterocycles. The molecule has 0 atom stereocenters. The molecule has 2 N–H and O–H groups in total. The Balaban J connectivity index is 3.28. The van der Waals surface area contributed by atoms with Gasteiger partial charge < -0.3 is 5.73 Å². The third-order valence-corrected chi connectivity index (χ3v) is 2.02. The number of hydrogen-bond donors (Lipinski definition) is 1. The molecule has 0 saturated heterocycles. The van der Waals surface area contributed by atoms with Gasteiger partial charge in [0.25, 0.3) is 0 Å². The molecule has 0 saturated carbocycles. The number of nitrogens with two attached hydrogens (primary N) is 1. The number of anilines is 1. The Kier molecular flexibility index (Phi) is 2.75. The molecule has 0 aliphatic heterocycles. The van der Waals surface area contributed by atoms with Gasteiger partial charge in [0.1, 0.15) is 10.3 Å². The van der Waals surface area contributed by atoms with E-state index in [2.05, 4.69) is 9.97 Å². The maximum absolute atomic E-state index is 5.81. The molecule has 0 aromatic carbocycles. The minimum absolute atomic E-state index is 0.106. The van der Waals surface area contributed by atoms with Crippen LogP contribution in [0, 0.1) is 0 Å². The first kappa shape index (κ1) is 9.55. The Morgan fingerprint density at radius 2 is 1.58 bits per heavy atom. The molecule has 0 fully saturated rings. The van der Waals surface area contributed by atoms with Crippen LogP contribution >= 0.6 is 23.2 Å². The summed E-state index contributed by atoms with van der Waals surface area (Å²) >= 11 is 11.6. The minimum Gasteiger partial charge on any atom is -0.368 e. The van der Waals surface area contributed by atoms with E-state index in [-0.39, 0.29) is 11.9 Å². The van der Waals surface area contributed by atoms with Crippen LogP contribution in [0.4, 0.5) is 5.95 Å². The summed E-state index contributed by atoms with van der Waals surface area (Å²) in [6, 6.07) is 0. The molecule has 0 spiro atoms. The molecule has 3 nitrogen and oxygen atoms in total. The van der Waals surface area contributed by atoms with Gasteiger partial charge >= 0.3 is 0 Å². The predicted octanol–water partition coefficient (Wildman–Crippen LogP) is 2.49. The first-order valence-electron chi connectivity index (χ1n) is 3.50. The van der Waals surface area contributed by atoms with Crippen molar-refractivity contribution in [3.05, 3.63) is 15.9 Å². The molecule has 5 heteroatoms. The summed E-state index contributed by atoms with van der Waals surface area (Å²) in [4.78, 5) is 7.61. The highest BCUT2D eigenvalue weighted by molar-refractivity contribution is 6.34. The molecule has 1 aromatic heterocycles. The Labute approximate surface area is 80.9 Å². The molecular weight excluding hydrogens is 197 g/mol. The van der Waals surface area contributed by atoms with Gasteiger partial charge in [0.15, 0.2) is 0 Å². The first-order valence-corrected chi connectivity index (χ1v) is 4.26. The van der Waals surface area contributed by atoms with Crippen LogP contribution in [0.1, 0.15) is 25.3 Å². The van der Waals surface area contributed by atoms with E-state index in [0.717, 1.165) is 5.56 Å². The van der Waals surface area contributed by atoms with Gasteiger partial charge in [0.05, 0.1) is 0 Å². The topological polar surface area (TPSA) is 51.8 Å². The lowest BCUT2D eigenvalue weighted by Gasteiger charge is -2.08. The van der Waals surface area contributed by atoms with Crippen molar-refractivity contribution in [2.45, 2.75) is 19.8 Å². The SMILES string of the molecule is CC(C)c1c(Cl)nc(N)nc1Cl.